The van der Waals surface area contributed by atoms with Gasteiger partial charge in [0.1, 0.15) is 12.0 Å². The highest BCUT2D eigenvalue weighted by molar-refractivity contribution is 7.99. The molecule has 0 bridgehead atoms. The van der Waals surface area contributed by atoms with Crippen LogP contribution in [-0.4, -0.2) is 39.9 Å². The number of aliphatic hydroxyl groups excluding tert-OH is 2. The Morgan fingerprint density at radius 1 is 1.09 bits per heavy atom. The molecule has 1 aliphatic rings. The third kappa shape index (κ3) is 5.59. The van der Waals surface area contributed by atoms with Crippen molar-refractivity contribution >= 4 is 17.7 Å². The lowest BCUT2D eigenvalue weighted by Gasteiger charge is -2.30. The molecule has 1 aromatic heterocycles. The van der Waals surface area contributed by atoms with E-state index in [0.29, 0.717) is 18.8 Å². The van der Waals surface area contributed by atoms with Crippen LogP contribution in [0.25, 0.3) is 11.3 Å². The Labute approximate surface area is 192 Å². The number of nitrogens with zero attached hydrogens (tertiary/aromatic N) is 1. The Kier molecular flexibility index (Phi) is 6.98. The number of carbonyl (C=O) groups excluding carboxylic acids is 1. The first kappa shape index (κ1) is 22.6. The Balaban J connectivity index is 1.34. The number of aromatic nitrogens is 1. The summed E-state index contributed by atoms with van der Waals surface area (Å²) in [5.41, 5.74) is 2.02. The van der Waals surface area contributed by atoms with Crippen molar-refractivity contribution in [1.29, 1.82) is 0 Å². The van der Waals surface area contributed by atoms with Crippen molar-refractivity contribution in [2.45, 2.75) is 53.9 Å². The monoisotopic (exact) mass is 452 g/mol. The fraction of sp³-hybridized carbons (Fsp3) is 0.360. The van der Waals surface area contributed by atoms with E-state index in [1.165, 1.54) is 19.8 Å². The molecule has 1 amide bonds. The average molecular weight is 453 g/mol. The molecule has 7 heteroatoms. The molecule has 0 radical (unpaired) electrons. The Morgan fingerprint density at radius 3 is 2.28 bits per heavy atom. The lowest BCUT2D eigenvalue weighted by molar-refractivity contribution is -0.122. The molecular formula is C25H28N2O4S. The molecule has 0 saturated heterocycles. The second kappa shape index (κ2) is 9.90. The Bertz CT molecular complexity index is 1040. The van der Waals surface area contributed by atoms with Gasteiger partial charge in [0.05, 0.1) is 18.8 Å². The van der Waals surface area contributed by atoms with E-state index in [0.717, 1.165) is 32.5 Å². The van der Waals surface area contributed by atoms with Gasteiger partial charge in [-0.3, -0.25) is 4.79 Å². The Morgan fingerprint density at radius 2 is 1.72 bits per heavy atom. The number of hydrogen-bond donors (Lipinski definition) is 3. The number of carbonyl (C=O) groups is 1. The van der Waals surface area contributed by atoms with Gasteiger partial charge in [-0.15, -0.1) is 0 Å². The largest absolute Gasteiger partial charge is 0.448 e. The number of nitrogens with one attached hydrogen (secondary N) is 1. The zero-order chi connectivity index (χ0) is 22.6. The predicted octanol–water partition coefficient (Wildman–Crippen LogP) is 4.16. The normalized spacial score (nSPS) is 13.8. The minimum atomic E-state index is -0.996. The fourth-order valence-electron chi connectivity index (χ4n) is 3.60. The summed E-state index contributed by atoms with van der Waals surface area (Å²) >= 11 is 1.68. The second-order valence-corrected chi connectivity index (χ2v) is 9.54. The maximum Gasteiger partial charge on any atom is 0.217 e. The molecule has 2 aromatic carbocycles. The molecule has 0 atom stereocenters. The van der Waals surface area contributed by atoms with E-state index in [-0.39, 0.29) is 19.1 Å². The van der Waals surface area contributed by atoms with Crippen LogP contribution in [0.15, 0.2) is 69.0 Å². The summed E-state index contributed by atoms with van der Waals surface area (Å²) in [7, 11) is 0. The van der Waals surface area contributed by atoms with Crippen molar-refractivity contribution in [3.05, 3.63) is 66.2 Å². The molecule has 0 spiro atoms. The van der Waals surface area contributed by atoms with Crippen LogP contribution in [0.5, 0.6) is 0 Å². The molecular weight excluding hydrogens is 424 g/mol. The smallest absolute Gasteiger partial charge is 0.217 e. The van der Waals surface area contributed by atoms with Crippen LogP contribution >= 0.6 is 11.8 Å². The standard InChI is InChI=1S/C25H28N2O4S/c1-17(30)27-25(15-28,16-29)13-12-18-2-8-21(9-3-18)32-22-10-6-19(7-11-22)23-14-31-24(26-23)20-4-5-20/h2-3,6-11,14,20,28-29H,4-5,12-13,15-16H2,1H3,(H,27,30). The maximum absolute atomic E-state index is 11.4. The molecule has 0 unspecified atom stereocenters. The van der Waals surface area contributed by atoms with Crippen molar-refractivity contribution < 1.29 is 19.4 Å². The molecule has 6 nitrogen and oxygen atoms in total. The van der Waals surface area contributed by atoms with Gasteiger partial charge in [-0.2, -0.15) is 0 Å². The fourth-order valence-corrected chi connectivity index (χ4v) is 4.42. The van der Waals surface area contributed by atoms with Crippen LogP contribution in [0.2, 0.25) is 0 Å². The van der Waals surface area contributed by atoms with Gasteiger partial charge in [0.2, 0.25) is 5.91 Å². The van der Waals surface area contributed by atoms with Crippen molar-refractivity contribution in [3.63, 3.8) is 0 Å². The molecule has 1 saturated carbocycles. The van der Waals surface area contributed by atoms with Gasteiger partial charge < -0.3 is 19.9 Å². The van der Waals surface area contributed by atoms with Gasteiger partial charge in [0.25, 0.3) is 0 Å². The molecule has 32 heavy (non-hydrogen) atoms. The summed E-state index contributed by atoms with van der Waals surface area (Å²) in [6.45, 7) is 0.780. The summed E-state index contributed by atoms with van der Waals surface area (Å²) < 4.78 is 5.59. The first-order valence-corrected chi connectivity index (χ1v) is 11.6. The number of oxazole rings is 1. The van der Waals surface area contributed by atoms with Gasteiger partial charge in [0, 0.05) is 28.2 Å². The van der Waals surface area contributed by atoms with E-state index < -0.39 is 5.54 Å². The number of aryl methyl sites for hydroxylation is 1. The minimum Gasteiger partial charge on any atom is -0.448 e. The lowest BCUT2D eigenvalue weighted by atomic mass is 9.92. The molecule has 0 aliphatic heterocycles. The summed E-state index contributed by atoms with van der Waals surface area (Å²) in [6, 6.07) is 16.5. The highest BCUT2D eigenvalue weighted by Gasteiger charge is 2.29. The highest BCUT2D eigenvalue weighted by Crippen LogP contribution is 2.40. The zero-order valence-electron chi connectivity index (χ0n) is 18.1. The summed E-state index contributed by atoms with van der Waals surface area (Å²) in [6.07, 6.45) is 5.18. The van der Waals surface area contributed by atoms with E-state index in [2.05, 4.69) is 46.7 Å². The number of amides is 1. The number of aliphatic hydroxyl groups is 2. The summed E-state index contributed by atoms with van der Waals surface area (Å²) in [5.74, 6) is 1.10. The molecule has 1 fully saturated rings. The SMILES string of the molecule is CC(=O)NC(CO)(CO)CCc1ccc(Sc2ccc(-c3coc(C4CC4)n3)cc2)cc1. The molecule has 1 heterocycles. The van der Waals surface area contributed by atoms with E-state index in [9.17, 15) is 15.0 Å². The topological polar surface area (TPSA) is 95.6 Å². The first-order valence-electron chi connectivity index (χ1n) is 10.8. The van der Waals surface area contributed by atoms with Crippen LogP contribution in [0.4, 0.5) is 0 Å². The van der Waals surface area contributed by atoms with Crippen LogP contribution in [0.1, 0.15) is 43.6 Å². The third-order valence-electron chi connectivity index (χ3n) is 5.70. The second-order valence-electron chi connectivity index (χ2n) is 8.39. The zero-order valence-corrected chi connectivity index (χ0v) is 18.9. The predicted molar refractivity (Wildman–Crippen MR) is 124 cm³/mol. The van der Waals surface area contributed by atoms with Crippen molar-refractivity contribution in [1.82, 2.24) is 10.3 Å². The summed E-state index contributed by atoms with van der Waals surface area (Å²) in [5, 5.41) is 22.0. The van der Waals surface area contributed by atoms with Crippen LogP contribution in [0, 0.1) is 0 Å². The van der Waals surface area contributed by atoms with Crippen molar-refractivity contribution in [3.8, 4) is 11.3 Å². The van der Waals surface area contributed by atoms with E-state index in [1.54, 1.807) is 18.0 Å². The number of rotatable bonds is 10. The quantitative estimate of drug-likeness (QED) is 0.427. The van der Waals surface area contributed by atoms with Crippen molar-refractivity contribution in [2.24, 2.45) is 0 Å². The highest BCUT2D eigenvalue weighted by atomic mass is 32.2. The van der Waals surface area contributed by atoms with Crippen LogP contribution in [0.3, 0.4) is 0 Å². The van der Waals surface area contributed by atoms with Crippen LogP contribution < -0.4 is 5.32 Å². The van der Waals surface area contributed by atoms with Gasteiger partial charge in [-0.05, 0) is 55.5 Å². The first-order chi connectivity index (χ1) is 15.5. The number of hydrogen-bond acceptors (Lipinski definition) is 6. The molecule has 168 valence electrons. The average Bonchev–Trinajstić information content (AvgIpc) is 3.54. The molecule has 3 N–H and O–H groups in total. The molecule has 1 aliphatic carbocycles. The van der Waals surface area contributed by atoms with Crippen LogP contribution in [-0.2, 0) is 11.2 Å². The summed E-state index contributed by atoms with van der Waals surface area (Å²) in [4.78, 5) is 18.3. The molecule has 4 rings (SSSR count). The number of benzene rings is 2. The van der Waals surface area contributed by atoms with Gasteiger partial charge in [0.15, 0.2) is 5.89 Å². The van der Waals surface area contributed by atoms with Crippen molar-refractivity contribution in [2.75, 3.05) is 13.2 Å². The minimum absolute atomic E-state index is 0.266. The van der Waals surface area contributed by atoms with E-state index in [4.69, 9.17) is 4.42 Å². The Hall–Kier alpha value is -2.61. The lowest BCUT2D eigenvalue weighted by Crippen LogP contribution is -2.53. The van der Waals surface area contributed by atoms with E-state index >= 15 is 0 Å². The van der Waals surface area contributed by atoms with Gasteiger partial charge in [-0.25, -0.2) is 4.98 Å². The van der Waals surface area contributed by atoms with Gasteiger partial charge >= 0.3 is 0 Å². The van der Waals surface area contributed by atoms with E-state index in [1.807, 2.05) is 12.1 Å². The molecule has 3 aromatic rings. The van der Waals surface area contributed by atoms with Gasteiger partial charge in [-0.1, -0.05) is 36.0 Å². The maximum atomic E-state index is 11.4. The third-order valence-corrected chi connectivity index (χ3v) is 6.71.